The van der Waals surface area contributed by atoms with Gasteiger partial charge < -0.3 is 15.8 Å². The van der Waals surface area contributed by atoms with Gasteiger partial charge >= 0.3 is 5.97 Å². The molecule has 0 heterocycles. The molecule has 7 heteroatoms. The normalized spacial score (nSPS) is 10.3. The molecule has 2 aromatic carbocycles. The summed E-state index contributed by atoms with van der Waals surface area (Å²) in [5.41, 5.74) is 6.52. The highest BCUT2D eigenvalue weighted by atomic mass is 79.9. The first-order valence-corrected chi connectivity index (χ1v) is 7.41. The van der Waals surface area contributed by atoms with E-state index in [0.29, 0.717) is 5.69 Å². The third-order valence-corrected chi connectivity index (χ3v) is 4.09. The van der Waals surface area contributed by atoms with Crippen LogP contribution < -0.4 is 11.1 Å². The van der Waals surface area contributed by atoms with Crippen LogP contribution in [0.4, 0.5) is 21.5 Å². The smallest absolute Gasteiger partial charge is 0.340 e. The minimum atomic E-state index is -0.623. The van der Waals surface area contributed by atoms with E-state index in [1.807, 2.05) is 18.2 Å². The molecule has 0 radical (unpaired) electrons. The molecule has 4 nitrogen and oxygen atoms in total. The molecule has 0 aliphatic carbocycles. The second-order valence-corrected chi connectivity index (χ2v) is 5.84. The second kappa shape index (κ2) is 6.44. The van der Waals surface area contributed by atoms with E-state index in [-0.39, 0.29) is 16.9 Å². The van der Waals surface area contributed by atoms with Gasteiger partial charge in [-0.2, -0.15) is 0 Å². The lowest BCUT2D eigenvalue weighted by molar-refractivity contribution is 0.0602. The number of ether oxygens (including phenoxy) is 1. The van der Waals surface area contributed by atoms with Crippen LogP contribution in [0, 0.1) is 5.82 Å². The zero-order valence-electron chi connectivity index (χ0n) is 10.9. The molecule has 0 atom stereocenters. The van der Waals surface area contributed by atoms with E-state index in [4.69, 9.17) is 5.73 Å². The van der Waals surface area contributed by atoms with Crippen LogP contribution in [-0.4, -0.2) is 13.1 Å². The van der Waals surface area contributed by atoms with Crippen molar-refractivity contribution in [2.75, 3.05) is 18.2 Å². The molecule has 2 rings (SSSR count). The zero-order chi connectivity index (χ0) is 15.6. The number of methoxy groups -OCH3 is 1. The number of benzene rings is 2. The van der Waals surface area contributed by atoms with E-state index < -0.39 is 11.8 Å². The number of halogens is 3. The average Bonchev–Trinajstić information content (AvgIpc) is 2.44. The summed E-state index contributed by atoms with van der Waals surface area (Å²) in [7, 11) is 1.24. The summed E-state index contributed by atoms with van der Waals surface area (Å²) >= 11 is 6.75. The van der Waals surface area contributed by atoms with Crippen molar-refractivity contribution in [1.29, 1.82) is 0 Å². The molecule has 0 fully saturated rings. The van der Waals surface area contributed by atoms with Crippen LogP contribution in [0.1, 0.15) is 10.4 Å². The summed E-state index contributed by atoms with van der Waals surface area (Å²) in [5, 5.41) is 2.92. The number of esters is 1. The summed E-state index contributed by atoms with van der Waals surface area (Å²) in [6.07, 6.45) is 0. The summed E-state index contributed by atoms with van der Waals surface area (Å²) < 4.78 is 20.1. The quantitative estimate of drug-likeness (QED) is 0.571. The molecule has 0 aromatic heterocycles. The van der Waals surface area contributed by atoms with E-state index >= 15 is 0 Å². The van der Waals surface area contributed by atoms with Gasteiger partial charge in [-0.15, -0.1) is 0 Å². The third-order valence-electron chi connectivity index (χ3n) is 2.77. The Hall–Kier alpha value is -1.60. The molecule has 0 bridgehead atoms. The number of nitrogen functional groups attached to an aromatic ring is 1. The molecule has 0 aliphatic heterocycles. The first kappa shape index (κ1) is 15.8. The SMILES string of the molecule is COC(=O)c1cc(Nc2c(Br)cccc2Br)c(F)cc1N. The Balaban J connectivity index is 2.47. The summed E-state index contributed by atoms with van der Waals surface area (Å²) in [6, 6.07) is 7.85. The Morgan fingerprint density at radius 1 is 1.29 bits per heavy atom. The fourth-order valence-corrected chi connectivity index (χ4v) is 2.92. The van der Waals surface area contributed by atoms with E-state index in [9.17, 15) is 9.18 Å². The molecule has 0 saturated carbocycles. The number of carbonyl (C=O) groups is 1. The van der Waals surface area contributed by atoms with Crippen LogP contribution in [0.15, 0.2) is 39.3 Å². The fraction of sp³-hybridized carbons (Fsp3) is 0.0714. The largest absolute Gasteiger partial charge is 0.465 e. The van der Waals surface area contributed by atoms with Crippen molar-refractivity contribution in [1.82, 2.24) is 0 Å². The lowest BCUT2D eigenvalue weighted by Gasteiger charge is -2.13. The van der Waals surface area contributed by atoms with Crippen LogP contribution in [0.2, 0.25) is 0 Å². The molecule has 2 aromatic rings. The van der Waals surface area contributed by atoms with E-state index in [1.165, 1.54) is 13.2 Å². The lowest BCUT2D eigenvalue weighted by atomic mass is 10.1. The number of rotatable bonds is 3. The molecular weight excluding hydrogens is 407 g/mol. The van der Waals surface area contributed by atoms with Crippen molar-refractivity contribution in [2.24, 2.45) is 0 Å². The fourth-order valence-electron chi connectivity index (χ4n) is 1.72. The molecule has 3 N–H and O–H groups in total. The number of hydrogen-bond acceptors (Lipinski definition) is 4. The van der Waals surface area contributed by atoms with Gasteiger partial charge in [0.1, 0.15) is 5.82 Å². The van der Waals surface area contributed by atoms with Gasteiger partial charge in [0.25, 0.3) is 0 Å². The van der Waals surface area contributed by atoms with E-state index in [0.717, 1.165) is 15.0 Å². The summed E-state index contributed by atoms with van der Waals surface area (Å²) in [4.78, 5) is 11.6. The highest BCUT2D eigenvalue weighted by Gasteiger charge is 2.16. The first-order chi connectivity index (χ1) is 9.93. The molecule has 0 spiro atoms. The highest BCUT2D eigenvalue weighted by molar-refractivity contribution is 9.11. The zero-order valence-corrected chi connectivity index (χ0v) is 14.1. The number of carbonyl (C=O) groups excluding carboxylic acids is 1. The molecule has 21 heavy (non-hydrogen) atoms. The van der Waals surface area contributed by atoms with Crippen molar-refractivity contribution < 1.29 is 13.9 Å². The van der Waals surface area contributed by atoms with Crippen molar-refractivity contribution in [2.45, 2.75) is 0 Å². The topological polar surface area (TPSA) is 64.3 Å². The Labute approximate surface area is 137 Å². The Morgan fingerprint density at radius 2 is 1.90 bits per heavy atom. The molecule has 0 aliphatic rings. The van der Waals surface area contributed by atoms with Crippen molar-refractivity contribution in [3.8, 4) is 0 Å². The number of nitrogens with two attached hydrogens (primary N) is 1. The van der Waals surface area contributed by atoms with Gasteiger partial charge in [0.05, 0.1) is 24.0 Å². The maximum Gasteiger partial charge on any atom is 0.340 e. The number of para-hydroxylation sites is 1. The monoisotopic (exact) mass is 416 g/mol. The third kappa shape index (κ3) is 3.36. The van der Waals surface area contributed by atoms with Gasteiger partial charge in [0.15, 0.2) is 0 Å². The second-order valence-electron chi connectivity index (χ2n) is 4.13. The predicted octanol–water partition coefficient (Wildman–Crippen LogP) is 4.46. The lowest BCUT2D eigenvalue weighted by Crippen LogP contribution is -2.08. The molecule has 0 unspecified atom stereocenters. The number of nitrogens with one attached hydrogen (secondary N) is 1. The Kier molecular flexibility index (Phi) is 4.84. The summed E-state index contributed by atoms with van der Waals surface area (Å²) in [5.74, 6) is -1.19. The highest BCUT2D eigenvalue weighted by Crippen LogP contribution is 2.34. The predicted molar refractivity (Wildman–Crippen MR) is 87.3 cm³/mol. The van der Waals surface area contributed by atoms with Crippen molar-refractivity contribution >= 4 is 54.9 Å². The van der Waals surface area contributed by atoms with E-state index in [1.54, 1.807) is 0 Å². The Morgan fingerprint density at radius 3 is 2.48 bits per heavy atom. The van der Waals surface area contributed by atoms with Crippen LogP contribution >= 0.6 is 31.9 Å². The molecule has 110 valence electrons. The standard InChI is InChI=1S/C14H11Br2FN2O2/c1-21-14(20)7-5-12(10(17)6-11(7)18)19-13-8(15)3-2-4-9(13)16/h2-6,19H,18H2,1H3. The molecule has 0 amide bonds. The van der Waals surface area contributed by atoms with Gasteiger partial charge in [-0.25, -0.2) is 9.18 Å². The van der Waals surface area contributed by atoms with Crippen LogP contribution in [0.5, 0.6) is 0 Å². The first-order valence-electron chi connectivity index (χ1n) is 5.82. The van der Waals surface area contributed by atoms with Crippen LogP contribution in [0.25, 0.3) is 0 Å². The maximum atomic E-state index is 14.0. The minimum Gasteiger partial charge on any atom is -0.465 e. The van der Waals surface area contributed by atoms with E-state index in [2.05, 4.69) is 41.9 Å². The molecular formula is C14H11Br2FN2O2. The average molecular weight is 418 g/mol. The van der Waals surface area contributed by atoms with Gasteiger partial charge in [0, 0.05) is 14.6 Å². The number of hydrogen-bond donors (Lipinski definition) is 2. The van der Waals surface area contributed by atoms with Crippen LogP contribution in [-0.2, 0) is 4.74 Å². The number of anilines is 3. The van der Waals surface area contributed by atoms with Gasteiger partial charge in [-0.3, -0.25) is 0 Å². The van der Waals surface area contributed by atoms with Crippen molar-refractivity contribution in [3.05, 3.63) is 50.7 Å². The van der Waals surface area contributed by atoms with Crippen molar-refractivity contribution in [3.63, 3.8) is 0 Å². The molecule has 0 saturated heterocycles. The van der Waals surface area contributed by atoms with Gasteiger partial charge in [-0.1, -0.05) is 6.07 Å². The van der Waals surface area contributed by atoms with Gasteiger partial charge in [-0.05, 0) is 56.1 Å². The van der Waals surface area contributed by atoms with Gasteiger partial charge in [0.2, 0.25) is 0 Å². The van der Waals surface area contributed by atoms with Crippen LogP contribution in [0.3, 0.4) is 0 Å². The summed E-state index contributed by atoms with van der Waals surface area (Å²) in [6.45, 7) is 0. The minimum absolute atomic E-state index is 0.0242. The Bertz CT molecular complexity index is 687. The maximum absolute atomic E-state index is 14.0.